The molecule has 4 aromatic rings. The van der Waals surface area contributed by atoms with Gasteiger partial charge in [-0.2, -0.15) is 0 Å². The normalized spacial score (nSPS) is 14.4. The van der Waals surface area contributed by atoms with Crippen LogP contribution in [0.2, 0.25) is 0 Å². The van der Waals surface area contributed by atoms with E-state index in [4.69, 9.17) is 4.74 Å². The molecule has 0 saturated carbocycles. The van der Waals surface area contributed by atoms with E-state index in [0.717, 1.165) is 28.0 Å². The lowest BCUT2D eigenvalue weighted by molar-refractivity contribution is 0.0240. The van der Waals surface area contributed by atoms with E-state index < -0.39 is 11.4 Å². The number of aryl methyl sites for hydroxylation is 2. The quantitative estimate of drug-likeness (QED) is 0.332. The summed E-state index contributed by atoms with van der Waals surface area (Å²) in [5.74, 6) is -0.734. The number of benzene rings is 2. The monoisotopic (exact) mass is 505 g/mol. The van der Waals surface area contributed by atoms with Crippen molar-refractivity contribution in [1.82, 2.24) is 14.9 Å². The number of carbonyl (C=O) groups excluding carboxylic acids is 2. The van der Waals surface area contributed by atoms with E-state index in [2.05, 4.69) is 20.2 Å². The molecule has 5 rings (SSSR count). The van der Waals surface area contributed by atoms with Crippen molar-refractivity contribution in [2.45, 2.75) is 40.2 Å². The fraction of sp³-hybridized carbons (Fsp3) is 0.357. The molecular formula is C28H32FN5O3. The number of piperazine rings is 1. The largest absolute Gasteiger partial charge is 0.444 e. The molecule has 0 unspecified atom stereocenters. The molecule has 1 aliphatic rings. The van der Waals surface area contributed by atoms with Crippen molar-refractivity contribution < 1.29 is 18.7 Å². The summed E-state index contributed by atoms with van der Waals surface area (Å²) in [6, 6.07) is 10.7. The van der Waals surface area contributed by atoms with E-state index in [0.29, 0.717) is 48.3 Å². The van der Waals surface area contributed by atoms with Gasteiger partial charge in [0, 0.05) is 59.7 Å². The second-order valence-electron chi connectivity index (χ2n) is 10.7. The summed E-state index contributed by atoms with van der Waals surface area (Å²) in [6.45, 7) is 11.8. The molecule has 2 aromatic heterocycles. The van der Waals surface area contributed by atoms with E-state index >= 15 is 0 Å². The average molecular weight is 506 g/mol. The van der Waals surface area contributed by atoms with Crippen LogP contribution in [0.5, 0.6) is 0 Å². The topological polar surface area (TPSA) is 93.5 Å². The maximum absolute atomic E-state index is 14.6. The minimum Gasteiger partial charge on any atom is -0.444 e. The Hall–Kier alpha value is -4.01. The predicted octanol–water partition coefficient (Wildman–Crippen LogP) is 5.71. The fourth-order valence-electron chi connectivity index (χ4n) is 4.87. The fourth-order valence-corrected chi connectivity index (χ4v) is 4.87. The van der Waals surface area contributed by atoms with Crippen LogP contribution in [0.1, 0.15) is 42.5 Å². The molecular weight excluding hydrogens is 473 g/mol. The Balaban J connectivity index is 1.37. The number of aromatic amines is 2. The molecule has 1 saturated heterocycles. The van der Waals surface area contributed by atoms with Crippen LogP contribution < -0.4 is 10.2 Å². The Morgan fingerprint density at radius 2 is 1.62 bits per heavy atom. The van der Waals surface area contributed by atoms with Gasteiger partial charge >= 0.3 is 6.09 Å². The minimum absolute atomic E-state index is 0.300. The van der Waals surface area contributed by atoms with Gasteiger partial charge in [-0.05, 0) is 71.0 Å². The molecule has 0 radical (unpaired) electrons. The van der Waals surface area contributed by atoms with Crippen molar-refractivity contribution in [2.24, 2.45) is 0 Å². The maximum atomic E-state index is 14.6. The second-order valence-corrected chi connectivity index (χ2v) is 10.7. The first-order valence-electron chi connectivity index (χ1n) is 12.4. The SMILES string of the molecule is Cc1cc2cc(NC(=O)c3ccc(N4CCN(C(=O)OC(C)(C)C)CC4)c4cc(C)[nH]c34)cc(F)c2[nH]1. The number of rotatable bonds is 3. The van der Waals surface area contributed by atoms with Crippen LogP contribution in [0.15, 0.2) is 36.4 Å². The van der Waals surface area contributed by atoms with Crippen LogP contribution in [-0.4, -0.2) is 58.6 Å². The number of nitrogens with one attached hydrogen (secondary N) is 3. The number of aromatic nitrogens is 2. The number of fused-ring (bicyclic) bond motifs is 2. The van der Waals surface area contributed by atoms with Crippen LogP contribution in [0.3, 0.4) is 0 Å². The van der Waals surface area contributed by atoms with E-state index in [1.54, 1.807) is 17.0 Å². The van der Waals surface area contributed by atoms with E-state index in [1.807, 2.05) is 52.8 Å². The Labute approximate surface area is 214 Å². The van der Waals surface area contributed by atoms with E-state index in [9.17, 15) is 14.0 Å². The van der Waals surface area contributed by atoms with Gasteiger partial charge < -0.3 is 29.8 Å². The van der Waals surface area contributed by atoms with Gasteiger partial charge in [-0.15, -0.1) is 0 Å². The van der Waals surface area contributed by atoms with Crippen molar-refractivity contribution in [3.8, 4) is 0 Å². The summed E-state index contributed by atoms with van der Waals surface area (Å²) >= 11 is 0. The van der Waals surface area contributed by atoms with Gasteiger partial charge in [0.05, 0.1) is 16.6 Å². The third-order valence-corrected chi connectivity index (χ3v) is 6.49. The summed E-state index contributed by atoms with van der Waals surface area (Å²) in [7, 11) is 0. The van der Waals surface area contributed by atoms with Crippen molar-refractivity contribution in [3.63, 3.8) is 0 Å². The highest BCUT2D eigenvalue weighted by Crippen LogP contribution is 2.32. The van der Waals surface area contributed by atoms with Crippen LogP contribution >= 0.6 is 0 Å². The highest BCUT2D eigenvalue weighted by Gasteiger charge is 2.27. The maximum Gasteiger partial charge on any atom is 0.410 e. The van der Waals surface area contributed by atoms with Gasteiger partial charge in [-0.1, -0.05) is 0 Å². The molecule has 2 amide bonds. The van der Waals surface area contributed by atoms with Gasteiger partial charge in [0.15, 0.2) is 0 Å². The predicted molar refractivity (Wildman–Crippen MR) is 144 cm³/mol. The lowest BCUT2D eigenvalue weighted by Gasteiger charge is -2.37. The van der Waals surface area contributed by atoms with Crippen molar-refractivity contribution >= 4 is 45.2 Å². The van der Waals surface area contributed by atoms with E-state index in [-0.39, 0.29) is 12.0 Å². The molecule has 9 heteroatoms. The zero-order valence-electron chi connectivity index (χ0n) is 21.8. The van der Waals surface area contributed by atoms with E-state index in [1.165, 1.54) is 6.07 Å². The summed E-state index contributed by atoms with van der Waals surface area (Å²) in [5, 5.41) is 4.49. The second kappa shape index (κ2) is 9.14. The van der Waals surface area contributed by atoms with Gasteiger partial charge in [0.2, 0.25) is 0 Å². The zero-order valence-corrected chi connectivity index (χ0v) is 21.8. The molecule has 3 N–H and O–H groups in total. The summed E-state index contributed by atoms with van der Waals surface area (Å²) in [6.07, 6.45) is -0.300. The molecule has 0 bridgehead atoms. The average Bonchev–Trinajstić information content (AvgIpc) is 3.39. The Kier molecular flexibility index (Phi) is 6.09. The molecule has 3 heterocycles. The first-order valence-corrected chi connectivity index (χ1v) is 12.4. The lowest BCUT2D eigenvalue weighted by Crippen LogP contribution is -2.50. The first-order chi connectivity index (χ1) is 17.5. The van der Waals surface area contributed by atoms with Crippen LogP contribution in [-0.2, 0) is 4.74 Å². The number of ether oxygens (including phenoxy) is 1. The molecule has 1 aliphatic heterocycles. The molecule has 0 atom stereocenters. The van der Waals surface area contributed by atoms with Gasteiger partial charge in [-0.3, -0.25) is 4.79 Å². The van der Waals surface area contributed by atoms with Crippen molar-refractivity contribution in [1.29, 1.82) is 0 Å². The van der Waals surface area contributed by atoms with Gasteiger partial charge in [0.25, 0.3) is 5.91 Å². The standard InChI is InChI=1S/C28H32FN5O3/c1-16-12-18-14-19(15-22(29)24(18)30-16)32-26(35)20-6-7-23(21-13-17(2)31-25(20)21)33-8-10-34(11-9-33)27(36)37-28(3,4)5/h6-7,12-15,30-31H,8-11H2,1-5H3,(H,32,35). The molecule has 8 nitrogen and oxygen atoms in total. The summed E-state index contributed by atoms with van der Waals surface area (Å²) < 4.78 is 20.1. The molecule has 194 valence electrons. The third kappa shape index (κ3) is 4.98. The number of hydrogen-bond acceptors (Lipinski definition) is 4. The summed E-state index contributed by atoms with van der Waals surface area (Å²) in [5.41, 5.74) is 4.27. The van der Waals surface area contributed by atoms with Gasteiger partial charge in [0.1, 0.15) is 11.4 Å². The zero-order chi connectivity index (χ0) is 26.5. The number of nitrogens with zero attached hydrogens (tertiary/aromatic N) is 2. The molecule has 0 spiro atoms. The highest BCUT2D eigenvalue weighted by molar-refractivity contribution is 6.14. The Morgan fingerprint density at radius 1 is 0.946 bits per heavy atom. The van der Waals surface area contributed by atoms with Crippen LogP contribution in [0.4, 0.5) is 20.6 Å². The van der Waals surface area contributed by atoms with Crippen LogP contribution in [0, 0.1) is 19.7 Å². The molecule has 37 heavy (non-hydrogen) atoms. The minimum atomic E-state index is -0.530. The summed E-state index contributed by atoms with van der Waals surface area (Å²) in [4.78, 5) is 36.0. The number of halogens is 1. The number of H-pyrrole nitrogens is 2. The first kappa shape index (κ1) is 24.7. The Bertz CT molecular complexity index is 1510. The van der Waals surface area contributed by atoms with Crippen LogP contribution in [0.25, 0.3) is 21.8 Å². The van der Waals surface area contributed by atoms with Crippen molar-refractivity contribution in [2.75, 3.05) is 36.4 Å². The smallest absolute Gasteiger partial charge is 0.410 e. The Morgan fingerprint density at radius 3 is 2.32 bits per heavy atom. The molecule has 1 fully saturated rings. The molecule has 2 aromatic carbocycles. The lowest BCUT2D eigenvalue weighted by atomic mass is 10.1. The molecule has 0 aliphatic carbocycles. The number of carbonyl (C=O) groups is 2. The van der Waals surface area contributed by atoms with Gasteiger partial charge in [-0.25, -0.2) is 9.18 Å². The number of amides is 2. The third-order valence-electron chi connectivity index (χ3n) is 6.49. The highest BCUT2D eigenvalue weighted by atomic mass is 19.1. The number of hydrogen-bond donors (Lipinski definition) is 3. The number of anilines is 2. The van der Waals surface area contributed by atoms with Crippen molar-refractivity contribution in [3.05, 3.63) is 59.2 Å².